The van der Waals surface area contributed by atoms with Gasteiger partial charge >= 0.3 is 0 Å². The molecular formula is C28H34Cl2FN3O3. The van der Waals surface area contributed by atoms with Crippen molar-refractivity contribution in [1.82, 2.24) is 10.6 Å². The molecule has 0 aromatic heterocycles. The number of alkyl halides is 1. The first-order valence-electron chi connectivity index (χ1n) is 12.5. The van der Waals surface area contributed by atoms with Gasteiger partial charge in [-0.25, -0.2) is 4.39 Å². The predicted octanol–water partition coefficient (Wildman–Crippen LogP) is 4.77. The van der Waals surface area contributed by atoms with E-state index in [0.29, 0.717) is 35.5 Å². The lowest BCUT2D eigenvalue weighted by Crippen LogP contribution is -2.54. The number of aliphatic hydroxyl groups excluding tert-OH is 1. The van der Waals surface area contributed by atoms with Crippen LogP contribution in [0.4, 0.5) is 10.1 Å². The highest BCUT2D eigenvalue weighted by molar-refractivity contribution is 6.31. The fraction of sp³-hybridized carbons (Fsp3) is 0.500. The molecule has 4 rings (SSSR count). The van der Waals surface area contributed by atoms with Gasteiger partial charge < -0.3 is 21.1 Å². The zero-order valence-electron chi connectivity index (χ0n) is 21.3. The topological polar surface area (TPSA) is 90.5 Å². The molecule has 2 aliphatic heterocycles. The van der Waals surface area contributed by atoms with Crippen LogP contribution in [0.3, 0.4) is 0 Å². The van der Waals surface area contributed by atoms with Gasteiger partial charge in [-0.15, -0.1) is 0 Å². The first-order chi connectivity index (χ1) is 17.4. The molecule has 1 saturated heterocycles. The van der Waals surface area contributed by atoms with Gasteiger partial charge in [-0.1, -0.05) is 68.8 Å². The number of nitrogens with one attached hydrogen (secondary N) is 3. The quantitative estimate of drug-likeness (QED) is 0.369. The van der Waals surface area contributed by atoms with Crippen molar-refractivity contribution in [2.24, 2.45) is 11.3 Å². The van der Waals surface area contributed by atoms with Gasteiger partial charge in [-0.05, 0) is 54.0 Å². The van der Waals surface area contributed by atoms with E-state index < -0.39 is 36.2 Å². The van der Waals surface area contributed by atoms with Crippen LogP contribution in [0.1, 0.15) is 45.6 Å². The Bertz CT molecular complexity index is 1160. The smallest absolute Gasteiger partial charge is 0.238 e. The third-order valence-electron chi connectivity index (χ3n) is 7.48. The van der Waals surface area contributed by atoms with E-state index in [1.807, 2.05) is 6.07 Å². The van der Waals surface area contributed by atoms with Gasteiger partial charge in [0, 0.05) is 33.7 Å². The van der Waals surface area contributed by atoms with Gasteiger partial charge in [-0.3, -0.25) is 9.59 Å². The number of carbonyl (C=O) groups is 2. The Labute approximate surface area is 227 Å². The molecule has 37 heavy (non-hydrogen) atoms. The fourth-order valence-electron chi connectivity index (χ4n) is 5.89. The van der Waals surface area contributed by atoms with E-state index in [9.17, 15) is 19.1 Å². The molecule has 6 nitrogen and oxygen atoms in total. The zero-order valence-corrected chi connectivity index (χ0v) is 22.8. The van der Waals surface area contributed by atoms with E-state index in [0.717, 1.165) is 5.56 Å². The third kappa shape index (κ3) is 5.37. The second kappa shape index (κ2) is 10.5. The van der Waals surface area contributed by atoms with Crippen molar-refractivity contribution in [2.75, 3.05) is 12.0 Å². The van der Waals surface area contributed by atoms with Crippen LogP contribution in [-0.4, -0.2) is 47.8 Å². The van der Waals surface area contributed by atoms with Crippen molar-refractivity contribution in [2.45, 2.75) is 69.7 Å². The van der Waals surface area contributed by atoms with Crippen LogP contribution in [0.5, 0.6) is 0 Å². The molecule has 4 atom stereocenters. The molecule has 1 spiro atoms. The van der Waals surface area contributed by atoms with E-state index in [4.69, 9.17) is 23.2 Å². The second-order valence-corrected chi connectivity index (χ2v) is 12.4. The number of anilines is 1. The molecular weight excluding hydrogens is 516 g/mol. The Hall–Kier alpha value is -2.19. The summed E-state index contributed by atoms with van der Waals surface area (Å²) in [4.78, 5) is 27.7. The summed E-state index contributed by atoms with van der Waals surface area (Å²) >= 11 is 12.1. The Morgan fingerprint density at radius 1 is 1.35 bits per heavy atom. The average Bonchev–Trinajstić information content (AvgIpc) is 3.26. The van der Waals surface area contributed by atoms with Crippen molar-refractivity contribution in [3.63, 3.8) is 0 Å². The number of aliphatic hydroxyl groups is 1. The number of allylic oxidation sites excluding steroid dienone is 4. The number of amides is 2. The van der Waals surface area contributed by atoms with E-state index in [1.165, 1.54) is 6.08 Å². The number of carbonyl (C=O) groups excluding carboxylic acids is 2. The normalized spacial score (nSPS) is 31.4. The summed E-state index contributed by atoms with van der Waals surface area (Å²) in [5, 5.41) is 19.8. The summed E-state index contributed by atoms with van der Waals surface area (Å²) in [6.07, 6.45) is 5.88. The Balaban J connectivity index is 1.83. The van der Waals surface area contributed by atoms with Crippen molar-refractivity contribution < 1.29 is 19.1 Å². The summed E-state index contributed by atoms with van der Waals surface area (Å²) in [6, 6.07) is 4.04. The largest absolute Gasteiger partial charge is 0.393 e. The number of benzene rings is 1. The Morgan fingerprint density at radius 2 is 2.05 bits per heavy atom. The number of hydrogen-bond donors (Lipinski definition) is 4. The maximum Gasteiger partial charge on any atom is 0.238 e. The molecule has 0 radical (unpaired) electrons. The highest BCUT2D eigenvalue weighted by Crippen LogP contribution is 2.55. The molecule has 2 amide bonds. The molecule has 0 bridgehead atoms. The van der Waals surface area contributed by atoms with Crippen molar-refractivity contribution in [1.29, 1.82) is 0 Å². The number of halogens is 3. The van der Waals surface area contributed by atoms with Crippen molar-refractivity contribution in [3.8, 4) is 0 Å². The molecule has 1 aromatic carbocycles. The minimum absolute atomic E-state index is 0.0327. The van der Waals surface area contributed by atoms with Crippen LogP contribution < -0.4 is 16.0 Å². The van der Waals surface area contributed by atoms with Gasteiger partial charge in [0.25, 0.3) is 0 Å². The lowest BCUT2D eigenvalue weighted by Gasteiger charge is -2.38. The van der Waals surface area contributed by atoms with Crippen LogP contribution in [0.25, 0.3) is 0 Å². The molecule has 0 unspecified atom stereocenters. The minimum atomic E-state index is -1.14. The minimum Gasteiger partial charge on any atom is -0.393 e. The van der Waals surface area contributed by atoms with E-state index >= 15 is 0 Å². The van der Waals surface area contributed by atoms with E-state index in [-0.39, 0.29) is 28.3 Å². The summed E-state index contributed by atoms with van der Waals surface area (Å²) in [5.74, 6) is -1.13. The van der Waals surface area contributed by atoms with Gasteiger partial charge in [0.2, 0.25) is 11.8 Å². The number of fused-ring (bicyclic) bond motifs is 2. The molecule has 2 fully saturated rings. The van der Waals surface area contributed by atoms with Crippen LogP contribution >= 0.6 is 23.2 Å². The molecule has 2 heterocycles. The molecule has 1 aromatic rings. The maximum atomic E-state index is 14.0. The first-order valence-corrected chi connectivity index (χ1v) is 13.3. The molecule has 200 valence electrons. The summed E-state index contributed by atoms with van der Waals surface area (Å²) < 4.78 is 12.9. The Morgan fingerprint density at radius 3 is 2.68 bits per heavy atom. The lowest BCUT2D eigenvalue weighted by molar-refractivity contribution is -0.126. The van der Waals surface area contributed by atoms with Crippen LogP contribution in [-0.2, 0) is 15.0 Å². The van der Waals surface area contributed by atoms with Gasteiger partial charge in [0.1, 0.15) is 12.1 Å². The molecule has 9 heteroatoms. The van der Waals surface area contributed by atoms with Gasteiger partial charge in [-0.2, -0.15) is 0 Å². The maximum absolute atomic E-state index is 14.0. The van der Waals surface area contributed by atoms with E-state index in [1.54, 1.807) is 24.3 Å². The third-order valence-corrected chi connectivity index (χ3v) is 7.94. The van der Waals surface area contributed by atoms with Crippen LogP contribution in [0.2, 0.25) is 5.02 Å². The van der Waals surface area contributed by atoms with Gasteiger partial charge in [0.05, 0.1) is 12.1 Å². The zero-order chi connectivity index (χ0) is 27.1. The van der Waals surface area contributed by atoms with Crippen LogP contribution in [0.15, 0.2) is 53.6 Å². The molecule has 3 aliphatic rings. The fourth-order valence-corrected chi connectivity index (χ4v) is 6.14. The number of rotatable bonds is 7. The summed E-state index contributed by atoms with van der Waals surface area (Å²) in [6.45, 7) is 9.75. The first kappa shape index (κ1) is 27.8. The van der Waals surface area contributed by atoms with Crippen molar-refractivity contribution in [3.05, 3.63) is 64.2 Å². The molecule has 4 N–H and O–H groups in total. The SMILES string of the molecule is C=C(/C=C\C=C(\Cl)CF)[C@H]1[C@H](C(=O)N[C@H]2C[C@@H](O)C2)N[C@H](CC(C)(C)C)[C@]12C(=O)Nc1cc(Cl)ccc12. The van der Waals surface area contributed by atoms with Crippen molar-refractivity contribution >= 4 is 40.7 Å². The van der Waals surface area contributed by atoms with E-state index in [2.05, 4.69) is 43.3 Å². The summed E-state index contributed by atoms with van der Waals surface area (Å²) in [5.41, 5.74) is 0.611. The summed E-state index contributed by atoms with van der Waals surface area (Å²) in [7, 11) is 0. The monoisotopic (exact) mass is 549 g/mol. The second-order valence-electron chi connectivity index (χ2n) is 11.5. The molecule has 1 saturated carbocycles. The van der Waals surface area contributed by atoms with Gasteiger partial charge in [0.15, 0.2) is 0 Å². The molecule has 1 aliphatic carbocycles. The average molecular weight is 551 g/mol. The lowest BCUT2D eigenvalue weighted by atomic mass is 9.62. The standard InChI is InChI=1S/C28H34Cl2FN3O3/c1-15(6-5-7-17(30)14-31)23-24(25(36)32-18-11-19(35)12-18)34-22(13-27(2,3)4)28(23)20-9-8-16(29)10-21(20)33-26(28)37/h5-10,18-19,22-24,34-35H,1,11-14H2,2-4H3,(H,32,36)(H,33,37)/b6-5-,17-7+/t18-,19+,22-,23+,24-,28+/m1/s1. The predicted molar refractivity (Wildman–Crippen MR) is 145 cm³/mol. The highest BCUT2D eigenvalue weighted by atomic mass is 35.5. The Kier molecular flexibility index (Phi) is 7.92. The van der Waals surface area contributed by atoms with Crippen LogP contribution in [0, 0.1) is 11.3 Å². The number of hydrogen-bond acceptors (Lipinski definition) is 4. The highest BCUT2D eigenvalue weighted by Gasteiger charge is 2.65.